The van der Waals surface area contributed by atoms with Crippen LogP contribution in [0.4, 0.5) is 5.13 Å². The van der Waals surface area contributed by atoms with E-state index in [0.717, 1.165) is 18.1 Å². The molecule has 0 bridgehead atoms. The number of nitrogens with zero attached hydrogens (tertiary/aromatic N) is 2. The van der Waals surface area contributed by atoms with Crippen LogP contribution >= 0.6 is 11.3 Å². The summed E-state index contributed by atoms with van der Waals surface area (Å²) >= 11 is 1.53. The molecule has 0 unspecified atom stereocenters. The fraction of sp³-hybridized carbons (Fsp3) is 0.714. The van der Waals surface area contributed by atoms with E-state index in [-0.39, 0.29) is 0 Å². The van der Waals surface area contributed by atoms with Gasteiger partial charge in [-0.15, -0.1) is 10.2 Å². The van der Waals surface area contributed by atoms with Crippen LogP contribution in [0.2, 0.25) is 0 Å². The predicted octanol–water partition coefficient (Wildman–Crippen LogP) is 2.39. The van der Waals surface area contributed by atoms with Gasteiger partial charge in [0.25, 0.3) is 0 Å². The summed E-state index contributed by atoms with van der Waals surface area (Å²) in [6.45, 7) is 7.10. The molecule has 0 atom stereocenters. The third kappa shape index (κ3) is 4.72. The summed E-state index contributed by atoms with van der Waals surface area (Å²) in [5.74, 6) is 0. The predicted molar refractivity (Wildman–Crippen MR) is 50.0 cm³/mol. The normalized spacial score (nSPS) is 8.27. The zero-order valence-electron chi connectivity index (χ0n) is 7.29. The Labute approximate surface area is 71.9 Å². The quantitative estimate of drug-likeness (QED) is 0.762. The molecule has 0 aliphatic rings. The van der Waals surface area contributed by atoms with Crippen LogP contribution in [-0.2, 0) is 0 Å². The van der Waals surface area contributed by atoms with Gasteiger partial charge >= 0.3 is 0 Å². The summed E-state index contributed by atoms with van der Waals surface area (Å²) in [7, 11) is 0. The third-order valence-electron chi connectivity index (χ3n) is 0.886. The van der Waals surface area contributed by atoms with Crippen LogP contribution in [0.3, 0.4) is 0 Å². The van der Waals surface area contributed by atoms with E-state index in [4.69, 9.17) is 0 Å². The van der Waals surface area contributed by atoms with Crippen LogP contribution in [0, 0.1) is 0 Å². The molecule has 0 radical (unpaired) electrons. The molecule has 1 N–H and O–H groups in total. The molecule has 1 rings (SSSR count). The second-order valence-electron chi connectivity index (χ2n) is 1.67. The molecule has 0 saturated heterocycles. The van der Waals surface area contributed by atoms with E-state index in [2.05, 4.69) is 22.4 Å². The Morgan fingerprint density at radius 2 is 2.27 bits per heavy atom. The van der Waals surface area contributed by atoms with Gasteiger partial charge in [-0.1, -0.05) is 32.1 Å². The highest BCUT2D eigenvalue weighted by Gasteiger charge is 1.89. The molecule has 11 heavy (non-hydrogen) atoms. The van der Waals surface area contributed by atoms with Crippen molar-refractivity contribution in [2.75, 3.05) is 11.9 Å². The second-order valence-corrected chi connectivity index (χ2v) is 2.50. The molecular formula is C7H15N3S. The molecule has 0 aliphatic heterocycles. The maximum Gasteiger partial charge on any atom is 0.205 e. The Morgan fingerprint density at radius 3 is 2.73 bits per heavy atom. The highest BCUT2D eigenvalue weighted by atomic mass is 32.1. The summed E-state index contributed by atoms with van der Waals surface area (Å²) in [5, 5.41) is 11.5. The fourth-order valence-electron chi connectivity index (χ4n) is 0.482. The Bertz CT molecular complexity index is 151. The van der Waals surface area contributed by atoms with E-state index in [1.165, 1.54) is 11.3 Å². The van der Waals surface area contributed by atoms with Gasteiger partial charge < -0.3 is 5.32 Å². The summed E-state index contributed by atoms with van der Waals surface area (Å²) in [5.41, 5.74) is 1.72. The highest BCUT2D eigenvalue weighted by molar-refractivity contribution is 7.13. The number of nitrogens with one attached hydrogen (secondary N) is 1. The van der Waals surface area contributed by atoms with Gasteiger partial charge in [-0.25, -0.2) is 0 Å². The van der Waals surface area contributed by atoms with E-state index in [1.807, 2.05) is 13.8 Å². The van der Waals surface area contributed by atoms with Gasteiger partial charge in [0, 0.05) is 6.54 Å². The van der Waals surface area contributed by atoms with Crippen molar-refractivity contribution in [3.63, 3.8) is 0 Å². The van der Waals surface area contributed by atoms with Gasteiger partial charge in [0.05, 0.1) is 0 Å². The van der Waals surface area contributed by atoms with E-state index >= 15 is 0 Å². The van der Waals surface area contributed by atoms with E-state index in [1.54, 1.807) is 5.51 Å². The van der Waals surface area contributed by atoms with Crippen molar-refractivity contribution in [3.05, 3.63) is 5.51 Å². The molecule has 0 amide bonds. The lowest BCUT2D eigenvalue weighted by Crippen LogP contribution is -1.98. The van der Waals surface area contributed by atoms with Crippen LogP contribution < -0.4 is 5.32 Å². The number of anilines is 1. The standard InChI is InChI=1S/C5H9N3S.C2H6/c1-2-3-6-5-8-7-4-9-5;1-2/h4H,2-3H2,1H3,(H,6,8);1-2H3. The lowest BCUT2D eigenvalue weighted by Gasteiger charge is -1.94. The van der Waals surface area contributed by atoms with Crippen molar-refractivity contribution in [2.24, 2.45) is 0 Å². The molecule has 1 heterocycles. The first-order valence-corrected chi connectivity index (χ1v) is 4.81. The van der Waals surface area contributed by atoms with Gasteiger partial charge in [-0.3, -0.25) is 0 Å². The van der Waals surface area contributed by atoms with Crippen LogP contribution in [0.5, 0.6) is 0 Å². The number of rotatable bonds is 3. The van der Waals surface area contributed by atoms with E-state index in [9.17, 15) is 0 Å². The summed E-state index contributed by atoms with van der Waals surface area (Å²) < 4.78 is 0. The smallest absolute Gasteiger partial charge is 0.205 e. The minimum atomic E-state index is 0.914. The molecule has 4 heteroatoms. The maximum absolute atomic E-state index is 3.81. The molecule has 64 valence electrons. The van der Waals surface area contributed by atoms with Gasteiger partial charge in [-0.05, 0) is 6.42 Å². The SMILES string of the molecule is CC.CCCNc1nncs1. The monoisotopic (exact) mass is 173 g/mol. The van der Waals surface area contributed by atoms with Gasteiger partial charge in [0.2, 0.25) is 5.13 Å². The highest BCUT2D eigenvalue weighted by Crippen LogP contribution is 2.06. The minimum absolute atomic E-state index is 0.914. The average molecular weight is 173 g/mol. The zero-order chi connectivity index (χ0) is 8.53. The van der Waals surface area contributed by atoms with E-state index in [0.29, 0.717) is 0 Å². The Balaban J connectivity index is 0.000000461. The van der Waals surface area contributed by atoms with Crippen LogP contribution in [0.15, 0.2) is 5.51 Å². The van der Waals surface area contributed by atoms with Crippen molar-refractivity contribution in [1.82, 2.24) is 10.2 Å². The van der Waals surface area contributed by atoms with Gasteiger partial charge in [-0.2, -0.15) is 0 Å². The van der Waals surface area contributed by atoms with Crippen molar-refractivity contribution >= 4 is 16.5 Å². The second kappa shape index (κ2) is 7.47. The summed E-state index contributed by atoms with van der Waals surface area (Å²) in [6.07, 6.45) is 1.12. The lowest BCUT2D eigenvalue weighted by molar-refractivity contribution is 0.963. The molecule has 1 aromatic heterocycles. The summed E-state index contributed by atoms with van der Waals surface area (Å²) in [6, 6.07) is 0. The van der Waals surface area contributed by atoms with Crippen molar-refractivity contribution in [2.45, 2.75) is 27.2 Å². The molecule has 0 fully saturated rings. The van der Waals surface area contributed by atoms with Crippen LogP contribution in [0.25, 0.3) is 0 Å². The first-order chi connectivity index (χ1) is 5.43. The topological polar surface area (TPSA) is 37.8 Å². The Kier molecular flexibility index (Phi) is 7.03. The van der Waals surface area contributed by atoms with E-state index < -0.39 is 0 Å². The lowest BCUT2D eigenvalue weighted by atomic mass is 10.5. The largest absolute Gasteiger partial charge is 0.360 e. The number of hydrogen-bond acceptors (Lipinski definition) is 4. The molecule has 0 spiro atoms. The van der Waals surface area contributed by atoms with Crippen molar-refractivity contribution in [3.8, 4) is 0 Å². The molecule has 1 aromatic rings. The summed E-state index contributed by atoms with van der Waals surface area (Å²) in [4.78, 5) is 0. The third-order valence-corrected chi connectivity index (χ3v) is 1.54. The average Bonchev–Trinajstić information content (AvgIpc) is 2.57. The maximum atomic E-state index is 3.81. The molecular weight excluding hydrogens is 158 g/mol. The molecule has 0 aromatic carbocycles. The van der Waals surface area contributed by atoms with Gasteiger partial charge in [0.15, 0.2) is 0 Å². The van der Waals surface area contributed by atoms with Gasteiger partial charge in [0.1, 0.15) is 5.51 Å². The Hall–Kier alpha value is -0.640. The molecule has 0 saturated carbocycles. The van der Waals surface area contributed by atoms with Crippen molar-refractivity contribution in [1.29, 1.82) is 0 Å². The van der Waals surface area contributed by atoms with Crippen LogP contribution in [0.1, 0.15) is 27.2 Å². The molecule has 0 aliphatic carbocycles. The number of aromatic nitrogens is 2. The first kappa shape index (κ1) is 10.4. The zero-order valence-corrected chi connectivity index (χ0v) is 8.11. The Morgan fingerprint density at radius 1 is 1.55 bits per heavy atom. The fourth-order valence-corrected chi connectivity index (χ4v) is 0.956. The van der Waals surface area contributed by atoms with Crippen LogP contribution in [-0.4, -0.2) is 16.7 Å². The number of hydrogen-bond donors (Lipinski definition) is 1. The minimum Gasteiger partial charge on any atom is -0.360 e. The van der Waals surface area contributed by atoms with Crippen molar-refractivity contribution < 1.29 is 0 Å². The first-order valence-electron chi connectivity index (χ1n) is 3.93. The molecule has 3 nitrogen and oxygen atoms in total.